The van der Waals surface area contributed by atoms with Crippen molar-refractivity contribution in [1.82, 2.24) is 0 Å². The van der Waals surface area contributed by atoms with Crippen LogP contribution in [0, 0.1) is 0 Å². The fourth-order valence-electron chi connectivity index (χ4n) is 0.914. The summed E-state index contributed by atoms with van der Waals surface area (Å²) in [6.45, 7) is 0.667. The molecule has 6 heteroatoms. The molecule has 1 aromatic rings. The Kier molecular flexibility index (Phi) is 3.79. The topological polar surface area (TPSA) is 44.5 Å². The molecule has 0 aromatic heterocycles. The zero-order chi connectivity index (χ0) is 11.3. The van der Waals surface area contributed by atoms with E-state index in [4.69, 9.17) is 10.5 Å². The second-order valence-electron chi connectivity index (χ2n) is 2.66. The lowest BCUT2D eigenvalue weighted by atomic mass is 10.3. The molecule has 1 rings (SSSR count). The van der Waals surface area contributed by atoms with E-state index in [9.17, 15) is 13.2 Å². The molecule has 0 amide bonds. The van der Waals surface area contributed by atoms with Gasteiger partial charge in [0.25, 0.3) is 0 Å². The number of alkyl halides is 3. The first-order valence-electron chi connectivity index (χ1n) is 4.20. The van der Waals surface area contributed by atoms with E-state index in [1.807, 2.05) is 0 Å². The Balaban J connectivity index is 2.56. The number of hydrogen-bond acceptors (Lipinski definition) is 3. The smallest absolute Gasteiger partial charge is 0.492 e. The highest BCUT2D eigenvalue weighted by molar-refractivity contribution is 5.31. The Hall–Kier alpha value is -1.43. The van der Waals surface area contributed by atoms with Crippen molar-refractivity contribution in [3.8, 4) is 11.5 Å². The molecule has 15 heavy (non-hydrogen) atoms. The first-order chi connectivity index (χ1) is 7.01. The van der Waals surface area contributed by atoms with Gasteiger partial charge in [0.2, 0.25) is 0 Å². The highest BCUT2D eigenvalue weighted by Crippen LogP contribution is 2.24. The lowest BCUT2D eigenvalue weighted by molar-refractivity contribution is -0.274. The molecule has 0 bridgehead atoms. The molecule has 0 aliphatic rings. The van der Waals surface area contributed by atoms with Crippen LogP contribution >= 0.6 is 0 Å². The van der Waals surface area contributed by atoms with Gasteiger partial charge in [-0.3, -0.25) is 0 Å². The van der Waals surface area contributed by atoms with Gasteiger partial charge >= 0.3 is 6.36 Å². The normalized spacial score (nSPS) is 11.2. The molecule has 0 fully saturated rings. The largest absolute Gasteiger partial charge is 0.573 e. The van der Waals surface area contributed by atoms with Crippen LogP contribution in [0.15, 0.2) is 24.3 Å². The van der Waals surface area contributed by atoms with Gasteiger partial charge in [-0.2, -0.15) is 0 Å². The molecule has 84 valence electrons. The third-order valence-electron chi connectivity index (χ3n) is 1.44. The number of rotatable bonds is 4. The average Bonchev–Trinajstić information content (AvgIpc) is 2.14. The Labute approximate surface area is 84.6 Å². The molecule has 0 aliphatic heterocycles. The van der Waals surface area contributed by atoms with Crippen molar-refractivity contribution in [2.75, 3.05) is 13.2 Å². The maximum Gasteiger partial charge on any atom is 0.573 e. The van der Waals surface area contributed by atoms with Crippen molar-refractivity contribution in [1.29, 1.82) is 0 Å². The molecule has 0 saturated carbocycles. The summed E-state index contributed by atoms with van der Waals surface area (Å²) in [6, 6.07) is 5.13. The number of halogens is 3. The Bertz CT molecular complexity index is 297. The third-order valence-corrected chi connectivity index (χ3v) is 1.44. The molecule has 0 radical (unpaired) electrons. The second kappa shape index (κ2) is 4.88. The minimum atomic E-state index is -4.67. The minimum Gasteiger partial charge on any atom is -0.492 e. The second-order valence-corrected chi connectivity index (χ2v) is 2.66. The summed E-state index contributed by atoms with van der Waals surface area (Å²) in [7, 11) is 0. The van der Waals surface area contributed by atoms with Crippen LogP contribution in [0.3, 0.4) is 0 Å². The van der Waals surface area contributed by atoms with Gasteiger partial charge in [-0.25, -0.2) is 0 Å². The molecule has 0 unspecified atom stereocenters. The summed E-state index contributed by atoms with van der Waals surface area (Å²) < 4.78 is 44.1. The van der Waals surface area contributed by atoms with E-state index in [0.29, 0.717) is 18.9 Å². The summed E-state index contributed by atoms with van der Waals surface area (Å²) in [5, 5.41) is 0. The van der Waals surface area contributed by atoms with E-state index in [1.165, 1.54) is 24.3 Å². The van der Waals surface area contributed by atoms with E-state index in [2.05, 4.69) is 4.74 Å². The number of hydrogen-bond donors (Lipinski definition) is 1. The standard InChI is InChI=1S/C9H10F3NO2/c10-9(11,12)15-8-3-1-7(2-4-8)14-6-5-13/h1-4H,5-6,13H2. The van der Waals surface area contributed by atoms with Gasteiger partial charge in [-0.15, -0.1) is 13.2 Å². The molecule has 1 aromatic carbocycles. The zero-order valence-corrected chi connectivity index (χ0v) is 7.75. The lowest BCUT2D eigenvalue weighted by Gasteiger charge is -2.09. The van der Waals surface area contributed by atoms with Crippen LogP contribution in [0.25, 0.3) is 0 Å². The zero-order valence-electron chi connectivity index (χ0n) is 7.75. The SMILES string of the molecule is NCCOc1ccc(OC(F)(F)F)cc1. The van der Waals surface area contributed by atoms with E-state index >= 15 is 0 Å². The summed E-state index contributed by atoms with van der Waals surface area (Å²) in [4.78, 5) is 0. The molecular formula is C9H10F3NO2. The van der Waals surface area contributed by atoms with Gasteiger partial charge in [-0.05, 0) is 24.3 Å². The Morgan fingerprint density at radius 1 is 1.07 bits per heavy atom. The van der Waals surface area contributed by atoms with Gasteiger partial charge in [0.15, 0.2) is 0 Å². The summed E-state index contributed by atoms with van der Waals surface area (Å²) in [6.07, 6.45) is -4.67. The van der Waals surface area contributed by atoms with E-state index < -0.39 is 6.36 Å². The van der Waals surface area contributed by atoms with Gasteiger partial charge in [-0.1, -0.05) is 0 Å². The molecule has 0 spiro atoms. The highest BCUT2D eigenvalue weighted by Gasteiger charge is 2.30. The van der Waals surface area contributed by atoms with Crippen LogP contribution in [-0.2, 0) is 0 Å². The van der Waals surface area contributed by atoms with Crippen LogP contribution < -0.4 is 15.2 Å². The first kappa shape index (κ1) is 11.6. The van der Waals surface area contributed by atoms with Crippen LogP contribution in [-0.4, -0.2) is 19.5 Å². The van der Waals surface area contributed by atoms with Gasteiger partial charge in [0.1, 0.15) is 18.1 Å². The van der Waals surface area contributed by atoms with E-state index in [0.717, 1.165) is 0 Å². The van der Waals surface area contributed by atoms with Gasteiger partial charge in [0, 0.05) is 6.54 Å². The molecule has 3 nitrogen and oxygen atoms in total. The average molecular weight is 221 g/mol. The Morgan fingerprint density at radius 3 is 2.07 bits per heavy atom. The predicted octanol–water partition coefficient (Wildman–Crippen LogP) is 1.92. The van der Waals surface area contributed by atoms with Gasteiger partial charge < -0.3 is 15.2 Å². The van der Waals surface area contributed by atoms with Crippen molar-refractivity contribution in [2.45, 2.75) is 6.36 Å². The lowest BCUT2D eigenvalue weighted by Crippen LogP contribution is -2.17. The minimum absolute atomic E-state index is 0.275. The predicted molar refractivity (Wildman–Crippen MR) is 47.7 cm³/mol. The van der Waals surface area contributed by atoms with Crippen molar-refractivity contribution < 1.29 is 22.6 Å². The van der Waals surface area contributed by atoms with Crippen LogP contribution in [0.4, 0.5) is 13.2 Å². The van der Waals surface area contributed by atoms with Crippen LogP contribution in [0.5, 0.6) is 11.5 Å². The fourth-order valence-corrected chi connectivity index (χ4v) is 0.914. The van der Waals surface area contributed by atoms with E-state index in [1.54, 1.807) is 0 Å². The quantitative estimate of drug-likeness (QED) is 0.844. The highest BCUT2D eigenvalue weighted by atomic mass is 19.4. The summed E-state index contributed by atoms with van der Waals surface area (Å²) in [5.74, 6) is 0.178. The monoisotopic (exact) mass is 221 g/mol. The maximum absolute atomic E-state index is 11.8. The molecule has 0 saturated heterocycles. The first-order valence-corrected chi connectivity index (χ1v) is 4.20. The number of benzene rings is 1. The molecule has 2 N–H and O–H groups in total. The molecule has 0 aliphatic carbocycles. The van der Waals surface area contributed by atoms with Crippen LogP contribution in [0.2, 0.25) is 0 Å². The molecule has 0 atom stereocenters. The molecular weight excluding hydrogens is 211 g/mol. The van der Waals surface area contributed by atoms with Crippen molar-refractivity contribution in [3.63, 3.8) is 0 Å². The van der Waals surface area contributed by atoms with Crippen LogP contribution in [0.1, 0.15) is 0 Å². The number of ether oxygens (including phenoxy) is 2. The summed E-state index contributed by atoms with van der Waals surface area (Å²) in [5.41, 5.74) is 5.19. The molecule has 0 heterocycles. The number of nitrogens with two attached hydrogens (primary N) is 1. The summed E-state index contributed by atoms with van der Waals surface area (Å²) >= 11 is 0. The fraction of sp³-hybridized carbons (Fsp3) is 0.333. The van der Waals surface area contributed by atoms with E-state index in [-0.39, 0.29) is 5.75 Å². The van der Waals surface area contributed by atoms with Crippen molar-refractivity contribution in [3.05, 3.63) is 24.3 Å². The third kappa shape index (κ3) is 4.55. The Morgan fingerprint density at radius 2 is 1.60 bits per heavy atom. The van der Waals surface area contributed by atoms with Gasteiger partial charge in [0.05, 0.1) is 0 Å². The van der Waals surface area contributed by atoms with Crippen molar-refractivity contribution >= 4 is 0 Å². The van der Waals surface area contributed by atoms with Crippen molar-refractivity contribution in [2.24, 2.45) is 5.73 Å². The maximum atomic E-state index is 11.8.